The number of benzene rings is 1. The number of hydrazine groups is 1. The van der Waals surface area contributed by atoms with Crippen LogP contribution < -0.4 is 11.3 Å². The van der Waals surface area contributed by atoms with Crippen molar-refractivity contribution in [3.8, 4) is 0 Å². The third kappa shape index (κ3) is 3.55. The second-order valence-electron chi connectivity index (χ2n) is 4.23. The summed E-state index contributed by atoms with van der Waals surface area (Å²) in [7, 11) is 0. The van der Waals surface area contributed by atoms with Crippen LogP contribution in [-0.4, -0.2) is 4.98 Å². The molecular weight excluding hydrogens is 371 g/mol. The fourth-order valence-corrected chi connectivity index (χ4v) is 2.47. The summed E-state index contributed by atoms with van der Waals surface area (Å²) in [4.78, 5) is 3.76. The lowest BCUT2D eigenvalue weighted by molar-refractivity contribution is -0.138. The van der Waals surface area contributed by atoms with Crippen LogP contribution in [0.15, 0.2) is 41.1 Å². The van der Waals surface area contributed by atoms with Crippen LogP contribution in [0.2, 0.25) is 5.02 Å². The second-order valence-corrected chi connectivity index (χ2v) is 5.50. The third-order valence-corrected chi connectivity index (χ3v) is 4.13. The highest BCUT2D eigenvalue weighted by atomic mass is 79.9. The van der Waals surface area contributed by atoms with Gasteiger partial charge in [0.25, 0.3) is 0 Å². The van der Waals surface area contributed by atoms with Gasteiger partial charge in [-0.3, -0.25) is 10.8 Å². The van der Waals surface area contributed by atoms with E-state index in [4.69, 9.17) is 17.4 Å². The van der Waals surface area contributed by atoms with Crippen molar-refractivity contribution >= 4 is 27.5 Å². The van der Waals surface area contributed by atoms with Crippen molar-refractivity contribution in [2.45, 2.75) is 12.2 Å². The van der Waals surface area contributed by atoms with Gasteiger partial charge in [0.1, 0.15) is 0 Å². The van der Waals surface area contributed by atoms with Gasteiger partial charge < -0.3 is 0 Å². The number of nitrogens with zero attached hydrogens (tertiary/aromatic N) is 1. The number of nitrogens with two attached hydrogens (primary N) is 1. The molecule has 8 heteroatoms. The van der Waals surface area contributed by atoms with Crippen molar-refractivity contribution in [2.24, 2.45) is 5.84 Å². The van der Waals surface area contributed by atoms with Gasteiger partial charge in [-0.25, -0.2) is 5.43 Å². The molecule has 0 saturated heterocycles. The first kappa shape index (κ1) is 16.2. The monoisotopic (exact) mass is 379 g/mol. The highest BCUT2D eigenvalue weighted by molar-refractivity contribution is 9.10. The van der Waals surface area contributed by atoms with Crippen molar-refractivity contribution in [2.75, 3.05) is 0 Å². The Bertz CT molecular complexity index is 649. The van der Waals surface area contributed by atoms with Crippen LogP contribution in [0.3, 0.4) is 0 Å². The predicted molar refractivity (Wildman–Crippen MR) is 77.6 cm³/mol. The number of hydrogen-bond donors (Lipinski definition) is 2. The first-order valence-electron chi connectivity index (χ1n) is 5.76. The van der Waals surface area contributed by atoms with Crippen molar-refractivity contribution in [1.29, 1.82) is 0 Å². The van der Waals surface area contributed by atoms with Crippen LogP contribution in [0, 0.1) is 0 Å². The molecule has 1 unspecified atom stereocenters. The molecule has 0 spiro atoms. The summed E-state index contributed by atoms with van der Waals surface area (Å²) in [6.45, 7) is 0. The number of pyridine rings is 1. The molecule has 21 heavy (non-hydrogen) atoms. The number of hydrogen-bond acceptors (Lipinski definition) is 3. The van der Waals surface area contributed by atoms with Crippen LogP contribution in [0.5, 0.6) is 0 Å². The summed E-state index contributed by atoms with van der Waals surface area (Å²) in [6.07, 6.45) is -2.25. The van der Waals surface area contributed by atoms with Crippen molar-refractivity contribution in [3.05, 3.63) is 62.8 Å². The number of aromatic nitrogens is 1. The van der Waals surface area contributed by atoms with E-state index < -0.39 is 17.8 Å². The van der Waals surface area contributed by atoms with Crippen molar-refractivity contribution in [3.63, 3.8) is 0 Å². The van der Waals surface area contributed by atoms with Crippen LogP contribution in [0.1, 0.15) is 22.7 Å². The number of alkyl halides is 3. The first-order chi connectivity index (χ1) is 9.84. The Morgan fingerprint density at radius 3 is 2.57 bits per heavy atom. The molecule has 1 aromatic carbocycles. The van der Waals surface area contributed by atoms with E-state index in [0.717, 1.165) is 18.5 Å². The maximum absolute atomic E-state index is 13.1. The molecule has 0 aliphatic rings. The third-order valence-electron chi connectivity index (χ3n) is 2.91. The molecule has 0 bridgehead atoms. The quantitative estimate of drug-likeness (QED) is 0.623. The largest absolute Gasteiger partial charge is 0.416 e. The van der Waals surface area contributed by atoms with Gasteiger partial charge in [0.2, 0.25) is 0 Å². The van der Waals surface area contributed by atoms with Crippen LogP contribution in [0.4, 0.5) is 13.2 Å². The number of nitrogens with one attached hydrogen (secondary N) is 1. The molecule has 3 nitrogen and oxygen atoms in total. The van der Waals surface area contributed by atoms with Gasteiger partial charge in [-0.05, 0) is 39.7 Å². The van der Waals surface area contributed by atoms with Gasteiger partial charge in [-0.1, -0.05) is 17.7 Å². The van der Waals surface area contributed by atoms with E-state index in [1.165, 1.54) is 0 Å². The van der Waals surface area contributed by atoms with Gasteiger partial charge in [0.05, 0.1) is 16.6 Å². The van der Waals surface area contributed by atoms with E-state index in [9.17, 15) is 13.2 Å². The maximum atomic E-state index is 13.1. The fraction of sp³-hybridized carbons (Fsp3) is 0.154. The standard InChI is InChI=1S/C13H10BrClF3N3/c14-10-5-7(1-2-11(10)15)12(21-19)8-6-20-4-3-9(8)13(16,17)18/h1-6,12,21H,19H2. The summed E-state index contributed by atoms with van der Waals surface area (Å²) in [5.74, 6) is 5.44. The average molecular weight is 381 g/mol. The zero-order valence-electron chi connectivity index (χ0n) is 10.5. The van der Waals surface area contributed by atoms with Gasteiger partial charge in [0, 0.05) is 22.4 Å². The molecule has 112 valence electrons. The van der Waals surface area contributed by atoms with Gasteiger partial charge in [-0.15, -0.1) is 0 Å². The Kier molecular flexibility index (Phi) is 4.88. The Balaban J connectivity index is 2.54. The summed E-state index contributed by atoms with van der Waals surface area (Å²) in [5.41, 5.74) is 2.08. The summed E-state index contributed by atoms with van der Waals surface area (Å²) >= 11 is 9.12. The molecule has 0 amide bonds. The van der Waals surface area contributed by atoms with Crippen LogP contribution in [-0.2, 0) is 6.18 Å². The fourth-order valence-electron chi connectivity index (χ4n) is 1.95. The lowest BCUT2D eigenvalue weighted by Gasteiger charge is -2.21. The van der Waals surface area contributed by atoms with Gasteiger partial charge in [-0.2, -0.15) is 13.2 Å². The number of rotatable bonds is 3. The summed E-state index contributed by atoms with van der Waals surface area (Å²) in [6, 6.07) is 4.86. The van der Waals surface area contributed by atoms with E-state index in [2.05, 4.69) is 26.3 Å². The molecule has 1 atom stereocenters. The normalized spacial score (nSPS) is 13.2. The smallest absolute Gasteiger partial charge is 0.271 e. The summed E-state index contributed by atoms with van der Waals surface area (Å²) in [5, 5.41) is 0.455. The molecule has 1 aromatic heterocycles. The van der Waals surface area contributed by atoms with Crippen LogP contribution in [0.25, 0.3) is 0 Å². The van der Waals surface area contributed by atoms with E-state index in [-0.39, 0.29) is 5.56 Å². The Hall–Kier alpha value is -1.15. The molecule has 0 aliphatic heterocycles. The molecule has 2 aromatic rings. The average Bonchev–Trinajstić information content (AvgIpc) is 2.43. The topological polar surface area (TPSA) is 50.9 Å². The predicted octanol–water partition coefficient (Wildman–Crippen LogP) is 4.07. The summed E-state index contributed by atoms with van der Waals surface area (Å²) < 4.78 is 39.8. The van der Waals surface area contributed by atoms with E-state index in [1.807, 2.05) is 0 Å². The lowest BCUT2D eigenvalue weighted by Crippen LogP contribution is -2.30. The lowest BCUT2D eigenvalue weighted by atomic mass is 9.96. The number of halogens is 5. The minimum Gasteiger partial charge on any atom is -0.271 e. The molecule has 0 fully saturated rings. The van der Waals surface area contributed by atoms with E-state index >= 15 is 0 Å². The Morgan fingerprint density at radius 2 is 2.00 bits per heavy atom. The highest BCUT2D eigenvalue weighted by Crippen LogP contribution is 2.36. The van der Waals surface area contributed by atoms with Gasteiger partial charge >= 0.3 is 6.18 Å². The van der Waals surface area contributed by atoms with Crippen molar-refractivity contribution < 1.29 is 13.2 Å². The minimum absolute atomic E-state index is 0.0540. The second kappa shape index (κ2) is 6.31. The molecule has 2 rings (SSSR count). The molecule has 3 N–H and O–H groups in total. The Labute approximate surface area is 132 Å². The SMILES string of the molecule is NNC(c1ccc(Cl)c(Br)c1)c1cnccc1C(F)(F)F. The maximum Gasteiger partial charge on any atom is 0.416 e. The molecular formula is C13H10BrClF3N3. The molecule has 0 radical (unpaired) electrons. The zero-order valence-corrected chi connectivity index (χ0v) is 12.8. The van der Waals surface area contributed by atoms with E-state index in [0.29, 0.717) is 15.1 Å². The first-order valence-corrected chi connectivity index (χ1v) is 6.94. The van der Waals surface area contributed by atoms with E-state index in [1.54, 1.807) is 18.2 Å². The van der Waals surface area contributed by atoms with Gasteiger partial charge in [0.15, 0.2) is 0 Å². The molecule has 0 saturated carbocycles. The highest BCUT2D eigenvalue weighted by Gasteiger charge is 2.35. The Morgan fingerprint density at radius 1 is 1.29 bits per heavy atom. The molecule has 1 heterocycles. The van der Waals surface area contributed by atoms with Crippen LogP contribution >= 0.6 is 27.5 Å². The molecule has 0 aliphatic carbocycles. The van der Waals surface area contributed by atoms with Crippen molar-refractivity contribution in [1.82, 2.24) is 10.4 Å². The zero-order chi connectivity index (χ0) is 15.6. The minimum atomic E-state index is -4.49.